The average molecular weight is 141 g/mol. The minimum Gasteiger partial charge on any atom is -0.470 e. The van der Waals surface area contributed by atoms with Crippen LogP contribution in [0.1, 0.15) is 20.3 Å². The first-order valence-electron chi connectivity index (χ1n) is 3.39. The second kappa shape index (κ2) is 2.40. The van der Waals surface area contributed by atoms with Crippen molar-refractivity contribution in [3.8, 4) is 0 Å². The van der Waals surface area contributed by atoms with Crippen LogP contribution < -0.4 is 0 Å². The van der Waals surface area contributed by atoms with Gasteiger partial charge in [-0.1, -0.05) is 6.92 Å². The highest BCUT2D eigenvalue weighted by Gasteiger charge is 2.27. The van der Waals surface area contributed by atoms with E-state index in [9.17, 15) is 4.79 Å². The first-order valence-corrected chi connectivity index (χ1v) is 3.39. The molecule has 10 heavy (non-hydrogen) atoms. The van der Waals surface area contributed by atoms with E-state index in [1.807, 2.05) is 6.92 Å². The number of carbonyl (C=O) groups excluding carboxylic acids is 1. The molecule has 2 unspecified atom stereocenters. The first kappa shape index (κ1) is 7.25. The SMILES string of the molecule is CC1CC(=O)C(C)OC1=N. The van der Waals surface area contributed by atoms with Gasteiger partial charge in [-0.05, 0) is 6.92 Å². The summed E-state index contributed by atoms with van der Waals surface area (Å²) in [5.41, 5.74) is 0. The third-order valence-electron chi connectivity index (χ3n) is 1.71. The van der Waals surface area contributed by atoms with Gasteiger partial charge in [0, 0.05) is 12.3 Å². The van der Waals surface area contributed by atoms with Crippen LogP contribution in [-0.4, -0.2) is 17.8 Å². The third kappa shape index (κ3) is 1.17. The summed E-state index contributed by atoms with van der Waals surface area (Å²) in [5, 5.41) is 7.24. The van der Waals surface area contributed by atoms with Gasteiger partial charge in [0.1, 0.15) is 0 Å². The van der Waals surface area contributed by atoms with Gasteiger partial charge in [0.25, 0.3) is 0 Å². The fourth-order valence-electron chi connectivity index (χ4n) is 0.933. The molecule has 3 nitrogen and oxygen atoms in total. The Balaban J connectivity index is 2.63. The Morgan fingerprint density at radius 1 is 1.60 bits per heavy atom. The highest BCUT2D eigenvalue weighted by atomic mass is 16.5. The first-order chi connectivity index (χ1) is 4.61. The van der Waals surface area contributed by atoms with Crippen LogP contribution >= 0.6 is 0 Å². The summed E-state index contributed by atoms with van der Waals surface area (Å²) in [5.74, 6) is 0.319. The van der Waals surface area contributed by atoms with Crippen molar-refractivity contribution in [1.82, 2.24) is 0 Å². The lowest BCUT2D eigenvalue weighted by atomic mass is 9.99. The molecule has 0 aromatic rings. The van der Waals surface area contributed by atoms with Gasteiger partial charge in [0.2, 0.25) is 0 Å². The van der Waals surface area contributed by atoms with Crippen LogP contribution in [-0.2, 0) is 9.53 Å². The highest BCUT2D eigenvalue weighted by Crippen LogP contribution is 2.16. The largest absolute Gasteiger partial charge is 0.470 e. The van der Waals surface area contributed by atoms with Crippen LogP contribution in [0.15, 0.2) is 0 Å². The molecule has 0 radical (unpaired) electrons. The number of rotatable bonds is 0. The monoisotopic (exact) mass is 141 g/mol. The summed E-state index contributed by atoms with van der Waals surface area (Å²) in [6.07, 6.45) is 0.0590. The topological polar surface area (TPSA) is 50.2 Å². The van der Waals surface area contributed by atoms with E-state index in [-0.39, 0.29) is 17.6 Å². The Labute approximate surface area is 59.9 Å². The molecule has 0 spiro atoms. The summed E-state index contributed by atoms with van der Waals surface area (Å²) >= 11 is 0. The third-order valence-corrected chi connectivity index (χ3v) is 1.71. The quantitative estimate of drug-likeness (QED) is 0.546. The Morgan fingerprint density at radius 2 is 2.20 bits per heavy atom. The molecule has 1 N–H and O–H groups in total. The predicted octanol–water partition coefficient (Wildman–Crippen LogP) is 0.978. The van der Waals surface area contributed by atoms with Crippen LogP contribution in [0, 0.1) is 11.3 Å². The number of Topliss-reactive ketones (excluding diaryl/α,β-unsaturated/α-hetero) is 1. The zero-order valence-corrected chi connectivity index (χ0v) is 6.18. The number of ether oxygens (including phenoxy) is 1. The van der Waals surface area contributed by atoms with Crippen molar-refractivity contribution >= 4 is 11.7 Å². The van der Waals surface area contributed by atoms with Gasteiger partial charge in [0.15, 0.2) is 17.8 Å². The van der Waals surface area contributed by atoms with Crippen molar-refractivity contribution in [2.45, 2.75) is 26.4 Å². The molecule has 3 heteroatoms. The summed E-state index contributed by atoms with van der Waals surface area (Å²) in [6.45, 7) is 3.51. The van der Waals surface area contributed by atoms with Gasteiger partial charge in [-0.2, -0.15) is 0 Å². The molecule has 1 aliphatic heterocycles. The number of carbonyl (C=O) groups is 1. The van der Waals surface area contributed by atoms with Crippen LogP contribution in [0.5, 0.6) is 0 Å². The van der Waals surface area contributed by atoms with Crippen molar-refractivity contribution in [3.63, 3.8) is 0 Å². The fourth-order valence-corrected chi connectivity index (χ4v) is 0.933. The molecule has 1 heterocycles. The minimum absolute atomic E-state index is 0.0244. The molecule has 1 rings (SSSR count). The maximum absolute atomic E-state index is 10.9. The van der Waals surface area contributed by atoms with Crippen LogP contribution in [0.3, 0.4) is 0 Å². The number of hydrogen-bond acceptors (Lipinski definition) is 3. The van der Waals surface area contributed by atoms with Crippen molar-refractivity contribution in [3.05, 3.63) is 0 Å². The van der Waals surface area contributed by atoms with Crippen molar-refractivity contribution in [2.24, 2.45) is 5.92 Å². The lowest BCUT2D eigenvalue weighted by molar-refractivity contribution is -0.128. The molecule has 1 fully saturated rings. The van der Waals surface area contributed by atoms with E-state index in [0.29, 0.717) is 6.42 Å². The fraction of sp³-hybridized carbons (Fsp3) is 0.714. The zero-order valence-electron chi connectivity index (χ0n) is 6.18. The molecule has 0 aliphatic carbocycles. The van der Waals surface area contributed by atoms with Crippen LogP contribution in [0.4, 0.5) is 0 Å². The number of nitrogens with one attached hydrogen (secondary N) is 1. The van der Waals surface area contributed by atoms with E-state index >= 15 is 0 Å². The molecular formula is C7H11NO2. The molecule has 0 aromatic heterocycles. The zero-order chi connectivity index (χ0) is 7.72. The molecule has 0 amide bonds. The van der Waals surface area contributed by atoms with Gasteiger partial charge in [-0.3, -0.25) is 10.2 Å². The van der Waals surface area contributed by atoms with E-state index in [2.05, 4.69) is 0 Å². The van der Waals surface area contributed by atoms with E-state index in [4.69, 9.17) is 10.1 Å². The summed E-state index contributed by atoms with van der Waals surface area (Å²) in [6, 6.07) is 0. The molecule has 0 saturated carbocycles. The summed E-state index contributed by atoms with van der Waals surface area (Å²) in [4.78, 5) is 10.9. The Bertz CT molecular complexity index is 156. The van der Waals surface area contributed by atoms with Crippen LogP contribution in [0.2, 0.25) is 0 Å². The predicted molar refractivity (Wildman–Crippen MR) is 37.1 cm³/mol. The summed E-state index contributed by atoms with van der Waals surface area (Å²) < 4.78 is 4.94. The molecule has 56 valence electrons. The highest BCUT2D eigenvalue weighted by molar-refractivity contribution is 5.93. The van der Waals surface area contributed by atoms with Crippen LogP contribution in [0.25, 0.3) is 0 Å². The smallest absolute Gasteiger partial charge is 0.184 e. The Morgan fingerprint density at radius 3 is 2.70 bits per heavy atom. The van der Waals surface area contributed by atoms with Crippen molar-refractivity contribution < 1.29 is 9.53 Å². The molecular weight excluding hydrogens is 130 g/mol. The number of ketones is 1. The maximum Gasteiger partial charge on any atom is 0.184 e. The Kier molecular flexibility index (Phi) is 1.74. The molecule has 0 bridgehead atoms. The van der Waals surface area contributed by atoms with E-state index < -0.39 is 6.10 Å². The second-order valence-electron chi connectivity index (χ2n) is 2.70. The summed E-state index contributed by atoms with van der Waals surface area (Å²) in [7, 11) is 0. The standard InChI is InChI=1S/C7H11NO2/c1-4-3-6(9)5(2)10-7(4)8/h4-5,8H,3H2,1-2H3. The van der Waals surface area contributed by atoms with Gasteiger partial charge in [-0.25, -0.2) is 0 Å². The van der Waals surface area contributed by atoms with Gasteiger partial charge in [0.05, 0.1) is 0 Å². The Hall–Kier alpha value is -0.860. The van der Waals surface area contributed by atoms with Crippen molar-refractivity contribution in [2.75, 3.05) is 0 Å². The molecule has 2 atom stereocenters. The van der Waals surface area contributed by atoms with E-state index in [0.717, 1.165) is 0 Å². The average Bonchev–Trinajstić information content (AvgIpc) is 1.84. The molecule has 1 saturated heterocycles. The molecule has 1 aliphatic rings. The lowest BCUT2D eigenvalue weighted by Crippen LogP contribution is -2.35. The van der Waals surface area contributed by atoms with E-state index in [1.165, 1.54) is 0 Å². The minimum atomic E-state index is -0.399. The number of hydrogen-bond donors (Lipinski definition) is 1. The van der Waals surface area contributed by atoms with Gasteiger partial charge >= 0.3 is 0 Å². The van der Waals surface area contributed by atoms with Gasteiger partial charge < -0.3 is 4.74 Å². The van der Waals surface area contributed by atoms with Gasteiger partial charge in [-0.15, -0.1) is 0 Å². The lowest BCUT2D eigenvalue weighted by Gasteiger charge is -2.24. The van der Waals surface area contributed by atoms with Crippen molar-refractivity contribution in [1.29, 1.82) is 5.41 Å². The maximum atomic E-state index is 10.9. The normalized spacial score (nSPS) is 33.8. The van der Waals surface area contributed by atoms with E-state index in [1.54, 1.807) is 6.92 Å². The second-order valence-corrected chi connectivity index (χ2v) is 2.70. The molecule has 0 aromatic carbocycles.